The quantitative estimate of drug-likeness (QED) is 0.741. The summed E-state index contributed by atoms with van der Waals surface area (Å²) in [5, 5.41) is 0. The van der Waals surface area contributed by atoms with Gasteiger partial charge in [-0.05, 0) is 36.5 Å². The van der Waals surface area contributed by atoms with Crippen molar-refractivity contribution in [1.29, 1.82) is 0 Å². The molecule has 0 N–H and O–H groups in total. The van der Waals surface area contributed by atoms with E-state index in [0.717, 1.165) is 44.1 Å². The second-order valence-electron chi connectivity index (χ2n) is 4.83. The van der Waals surface area contributed by atoms with Crippen LogP contribution in [0.1, 0.15) is 42.7 Å². The van der Waals surface area contributed by atoms with Crippen LogP contribution in [0.3, 0.4) is 0 Å². The summed E-state index contributed by atoms with van der Waals surface area (Å²) in [6.45, 7) is 0. The maximum atomic E-state index is 12.4. The van der Waals surface area contributed by atoms with Gasteiger partial charge in [0.2, 0.25) is 0 Å². The molecule has 0 amide bonds. The molecule has 1 unspecified atom stereocenters. The Morgan fingerprint density at radius 3 is 2.11 bits per heavy atom. The first-order valence-electron chi connectivity index (χ1n) is 6.15. The second-order valence-corrected chi connectivity index (χ2v) is 4.83. The largest absolute Gasteiger partial charge is 0.416 e. The summed E-state index contributed by atoms with van der Waals surface area (Å²) in [4.78, 5) is 11.2. The third-order valence-corrected chi connectivity index (χ3v) is 3.68. The lowest BCUT2D eigenvalue weighted by molar-refractivity contribution is -0.137. The number of hydrogen-bond donors (Lipinski definition) is 0. The molecule has 0 heterocycles. The summed E-state index contributed by atoms with van der Waals surface area (Å²) in [5.41, 5.74) is 0.0345. The molecule has 2 rings (SSSR count). The van der Waals surface area contributed by atoms with Crippen molar-refractivity contribution in [2.24, 2.45) is 5.92 Å². The molecule has 1 atom stereocenters. The van der Waals surface area contributed by atoms with Crippen molar-refractivity contribution >= 4 is 6.29 Å². The lowest BCUT2D eigenvalue weighted by atomic mass is 9.86. The summed E-state index contributed by atoms with van der Waals surface area (Å²) in [5.74, 6) is 0.0361. The average molecular weight is 256 g/mol. The Morgan fingerprint density at radius 1 is 1.11 bits per heavy atom. The minimum absolute atomic E-state index is 0.255. The van der Waals surface area contributed by atoms with Crippen LogP contribution in [-0.4, -0.2) is 6.29 Å². The maximum Gasteiger partial charge on any atom is 0.416 e. The monoisotopic (exact) mass is 256 g/mol. The summed E-state index contributed by atoms with van der Waals surface area (Å²) >= 11 is 0. The van der Waals surface area contributed by atoms with E-state index in [1.165, 1.54) is 12.1 Å². The van der Waals surface area contributed by atoms with Crippen molar-refractivity contribution in [3.8, 4) is 0 Å². The molecule has 18 heavy (non-hydrogen) atoms. The van der Waals surface area contributed by atoms with Crippen LogP contribution in [0.5, 0.6) is 0 Å². The Morgan fingerprint density at radius 2 is 1.67 bits per heavy atom. The zero-order chi connectivity index (χ0) is 13.2. The van der Waals surface area contributed by atoms with E-state index in [0.29, 0.717) is 11.5 Å². The van der Waals surface area contributed by atoms with Gasteiger partial charge in [0.05, 0.1) is 5.56 Å². The third-order valence-electron chi connectivity index (χ3n) is 3.68. The predicted molar refractivity (Wildman–Crippen MR) is 62.2 cm³/mol. The number of hydrogen-bond acceptors (Lipinski definition) is 1. The van der Waals surface area contributed by atoms with Gasteiger partial charge in [-0.3, -0.25) is 0 Å². The fourth-order valence-corrected chi connectivity index (χ4v) is 2.67. The van der Waals surface area contributed by atoms with E-state index in [-0.39, 0.29) is 5.92 Å². The van der Waals surface area contributed by atoms with Gasteiger partial charge in [-0.15, -0.1) is 0 Å². The highest BCUT2D eigenvalue weighted by atomic mass is 19.4. The summed E-state index contributed by atoms with van der Waals surface area (Å²) in [7, 11) is 0. The van der Waals surface area contributed by atoms with E-state index < -0.39 is 11.7 Å². The van der Waals surface area contributed by atoms with Gasteiger partial charge in [-0.1, -0.05) is 25.0 Å². The number of carbonyl (C=O) groups is 1. The van der Waals surface area contributed by atoms with E-state index in [1.54, 1.807) is 0 Å². The van der Waals surface area contributed by atoms with Crippen LogP contribution in [0.2, 0.25) is 0 Å². The highest BCUT2D eigenvalue weighted by molar-refractivity contribution is 5.63. The fourth-order valence-electron chi connectivity index (χ4n) is 2.67. The Hall–Kier alpha value is -1.32. The maximum absolute atomic E-state index is 12.4. The van der Waals surface area contributed by atoms with Crippen molar-refractivity contribution < 1.29 is 18.0 Å². The lowest BCUT2D eigenvalue weighted by Crippen LogP contribution is -2.12. The van der Waals surface area contributed by atoms with Gasteiger partial charge in [-0.25, -0.2) is 0 Å². The number of halogens is 3. The lowest BCUT2D eigenvalue weighted by Gasteiger charge is -2.18. The molecule has 1 aliphatic rings. The van der Waals surface area contributed by atoms with E-state index in [1.807, 2.05) is 0 Å². The fraction of sp³-hybridized carbons (Fsp3) is 0.500. The van der Waals surface area contributed by atoms with Crippen molar-refractivity contribution in [2.75, 3.05) is 0 Å². The van der Waals surface area contributed by atoms with Crippen molar-refractivity contribution in [2.45, 2.75) is 37.8 Å². The minimum atomic E-state index is -4.32. The SMILES string of the molecule is O=CC(c1ccc(C(F)(F)F)cc1)C1CCCC1. The molecule has 1 aliphatic carbocycles. The van der Waals surface area contributed by atoms with Gasteiger partial charge < -0.3 is 4.79 Å². The Kier molecular flexibility index (Phi) is 3.73. The topological polar surface area (TPSA) is 17.1 Å². The van der Waals surface area contributed by atoms with Gasteiger partial charge >= 0.3 is 6.18 Å². The van der Waals surface area contributed by atoms with Crippen LogP contribution < -0.4 is 0 Å². The van der Waals surface area contributed by atoms with Gasteiger partial charge in [0, 0.05) is 5.92 Å². The van der Waals surface area contributed by atoms with Crippen LogP contribution in [0.25, 0.3) is 0 Å². The van der Waals surface area contributed by atoms with Gasteiger partial charge in [-0.2, -0.15) is 13.2 Å². The van der Waals surface area contributed by atoms with Crippen molar-refractivity contribution in [3.05, 3.63) is 35.4 Å². The standard InChI is InChI=1S/C14H15F3O/c15-14(16,17)12-7-5-11(6-8-12)13(9-18)10-3-1-2-4-10/h5-10,13H,1-4H2. The first-order chi connectivity index (χ1) is 8.52. The molecular weight excluding hydrogens is 241 g/mol. The molecule has 1 saturated carbocycles. The van der Waals surface area contributed by atoms with E-state index >= 15 is 0 Å². The molecule has 1 fully saturated rings. The molecule has 0 spiro atoms. The molecule has 0 aliphatic heterocycles. The number of carbonyl (C=O) groups excluding carboxylic acids is 1. The van der Waals surface area contributed by atoms with Gasteiger partial charge in [0.1, 0.15) is 6.29 Å². The third kappa shape index (κ3) is 2.74. The Balaban J connectivity index is 2.19. The first kappa shape index (κ1) is 13.1. The zero-order valence-corrected chi connectivity index (χ0v) is 9.91. The Bertz CT molecular complexity index is 402. The molecule has 1 nitrogen and oxygen atoms in total. The number of aldehydes is 1. The molecule has 0 bridgehead atoms. The number of rotatable bonds is 3. The van der Waals surface area contributed by atoms with Crippen molar-refractivity contribution in [1.82, 2.24) is 0 Å². The summed E-state index contributed by atoms with van der Waals surface area (Å²) < 4.78 is 37.3. The molecule has 4 heteroatoms. The van der Waals surface area contributed by atoms with E-state index in [4.69, 9.17) is 0 Å². The molecule has 0 aromatic heterocycles. The predicted octanol–water partition coefficient (Wildman–Crippen LogP) is 4.18. The molecule has 1 aromatic rings. The zero-order valence-electron chi connectivity index (χ0n) is 9.91. The highest BCUT2D eigenvalue weighted by Crippen LogP contribution is 2.37. The van der Waals surface area contributed by atoms with E-state index in [2.05, 4.69) is 0 Å². The van der Waals surface area contributed by atoms with Crippen LogP contribution in [-0.2, 0) is 11.0 Å². The molecule has 0 saturated heterocycles. The Labute approximate surface area is 104 Å². The minimum Gasteiger partial charge on any atom is -0.303 e. The molecule has 1 aromatic carbocycles. The summed E-state index contributed by atoms with van der Waals surface area (Å²) in [6.07, 6.45) is 0.751. The van der Waals surface area contributed by atoms with Gasteiger partial charge in [0.25, 0.3) is 0 Å². The summed E-state index contributed by atoms with van der Waals surface area (Å²) in [6, 6.07) is 4.97. The smallest absolute Gasteiger partial charge is 0.303 e. The van der Waals surface area contributed by atoms with Gasteiger partial charge in [0.15, 0.2) is 0 Å². The second kappa shape index (κ2) is 5.12. The van der Waals surface area contributed by atoms with Crippen LogP contribution in [0.4, 0.5) is 13.2 Å². The first-order valence-corrected chi connectivity index (χ1v) is 6.15. The number of alkyl halides is 3. The molecular formula is C14H15F3O. The normalized spacial score (nSPS) is 18.8. The highest BCUT2D eigenvalue weighted by Gasteiger charge is 2.31. The van der Waals surface area contributed by atoms with Crippen LogP contribution in [0.15, 0.2) is 24.3 Å². The molecule has 0 radical (unpaired) electrons. The molecule has 98 valence electrons. The number of benzene rings is 1. The van der Waals surface area contributed by atoms with Crippen LogP contribution >= 0.6 is 0 Å². The van der Waals surface area contributed by atoms with E-state index in [9.17, 15) is 18.0 Å². The van der Waals surface area contributed by atoms with Crippen molar-refractivity contribution in [3.63, 3.8) is 0 Å². The van der Waals surface area contributed by atoms with Crippen LogP contribution in [0, 0.1) is 5.92 Å². The average Bonchev–Trinajstić information content (AvgIpc) is 2.83.